The fraction of sp³-hybridized carbons (Fsp3) is 0.278. The maximum Gasteiger partial charge on any atom is 0.416 e. The second kappa shape index (κ2) is 8.46. The van der Waals surface area contributed by atoms with Crippen LogP contribution in [0.4, 0.5) is 18.9 Å². The van der Waals surface area contributed by atoms with Gasteiger partial charge in [0.05, 0.1) is 22.9 Å². The number of carbonyl (C=O) groups excluding carboxylic acids is 1. The van der Waals surface area contributed by atoms with E-state index in [2.05, 4.69) is 5.32 Å². The van der Waals surface area contributed by atoms with Crippen molar-refractivity contribution in [2.75, 3.05) is 12.4 Å². The molecule has 6 nitrogen and oxygen atoms in total. The van der Waals surface area contributed by atoms with E-state index < -0.39 is 29.8 Å². The molecule has 0 saturated carbocycles. The van der Waals surface area contributed by atoms with Crippen molar-refractivity contribution in [1.82, 2.24) is 4.57 Å². The molecule has 0 atom stereocenters. The lowest BCUT2D eigenvalue weighted by Gasteiger charge is -2.15. The van der Waals surface area contributed by atoms with Gasteiger partial charge in [0, 0.05) is 18.4 Å². The van der Waals surface area contributed by atoms with Crippen LogP contribution in [0.2, 0.25) is 5.02 Å². The highest BCUT2D eigenvalue weighted by Crippen LogP contribution is 2.33. The number of anilines is 1. The third-order valence-corrected chi connectivity index (χ3v) is 4.20. The van der Waals surface area contributed by atoms with Gasteiger partial charge >= 0.3 is 6.18 Å². The molecule has 28 heavy (non-hydrogen) atoms. The topological polar surface area (TPSA) is 84.1 Å². The van der Waals surface area contributed by atoms with Crippen LogP contribution in [0.5, 0.6) is 0 Å². The lowest BCUT2D eigenvalue weighted by molar-refractivity contribution is -0.137. The summed E-state index contributed by atoms with van der Waals surface area (Å²) in [7, 11) is 1.41. The normalized spacial score (nSPS) is 11.2. The van der Waals surface area contributed by atoms with Crippen molar-refractivity contribution in [3.63, 3.8) is 0 Å². The van der Waals surface area contributed by atoms with Crippen LogP contribution >= 0.6 is 11.6 Å². The number of aryl methyl sites for hydroxylation is 1. The minimum absolute atomic E-state index is 0.0475. The molecule has 0 aliphatic carbocycles. The quantitative estimate of drug-likeness (QED) is 0.813. The van der Waals surface area contributed by atoms with Gasteiger partial charge in [-0.1, -0.05) is 11.6 Å². The smallest absolute Gasteiger partial charge is 0.380 e. The summed E-state index contributed by atoms with van der Waals surface area (Å²) in [5.41, 5.74) is -1.30. The minimum Gasteiger partial charge on any atom is -0.380 e. The number of benzene rings is 1. The van der Waals surface area contributed by atoms with E-state index in [9.17, 15) is 28.0 Å². The van der Waals surface area contributed by atoms with Gasteiger partial charge in [-0.25, -0.2) is 0 Å². The number of nitrogens with zero attached hydrogens (tertiary/aromatic N) is 2. The Kier molecular flexibility index (Phi) is 6.48. The van der Waals surface area contributed by atoms with Gasteiger partial charge in [-0.2, -0.15) is 18.4 Å². The van der Waals surface area contributed by atoms with Gasteiger partial charge in [0.25, 0.3) is 5.56 Å². The number of ether oxygens (including phenoxy) is 1. The predicted octanol–water partition coefficient (Wildman–Crippen LogP) is 3.49. The number of methoxy groups -OCH3 is 1. The van der Waals surface area contributed by atoms with Crippen LogP contribution in [0.3, 0.4) is 0 Å². The maximum absolute atomic E-state index is 12.8. The van der Waals surface area contributed by atoms with Crippen molar-refractivity contribution < 1.29 is 22.7 Å². The predicted molar refractivity (Wildman–Crippen MR) is 96.0 cm³/mol. The maximum atomic E-state index is 12.8. The van der Waals surface area contributed by atoms with E-state index in [-0.39, 0.29) is 22.9 Å². The molecule has 2 aromatic rings. The molecule has 0 unspecified atom stereocenters. The summed E-state index contributed by atoms with van der Waals surface area (Å²) in [6.07, 6.45) is -4.60. The molecule has 1 aromatic carbocycles. The Hall–Kier alpha value is -2.83. The number of alkyl halides is 3. The second-order valence-electron chi connectivity index (χ2n) is 5.86. The molecule has 0 bridgehead atoms. The summed E-state index contributed by atoms with van der Waals surface area (Å²) in [5.74, 6) is -0.769. The SMILES string of the molecule is COCc1cc(C)n(CC(=O)Nc2cc(C(F)(F)F)ccc2Cl)c(=O)c1C#N. The highest BCUT2D eigenvalue weighted by molar-refractivity contribution is 6.33. The Morgan fingerprint density at radius 1 is 1.36 bits per heavy atom. The van der Waals surface area contributed by atoms with Crippen LogP contribution in [0.1, 0.15) is 22.4 Å². The fourth-order valence-electron chi connectivity index (χ4n) is 2.55. The van der Waals surface area contributed by atoms with E-state index >= 15 is 0 Å². The number of hydrogen-bond donors (Lipinski definition) is 1. The van der Waals surface area contributed by atoms with Crippen molar-refractivity contribution in [2.45, 2.75) is 26.3 Å². The van der Waals surface area contributed by atoms with Gasteiger partial charge in [-0.15, -0.1) is 0 Å². The van der Waals surface area contributed by atoms with E-state index in [0.717, 1.165) is 16.7 Å². The van der Waals surface area contributed by atoms with Crippen LogP contribution < -0.4 is 10.9 Å². The number of carbonyl (C=O) groups is 1. The Bertz CT molecular complexity index is 1010. The summed E-state index contributed by atoms with van der Waals surface area (Å²) in [6, 6.07) is 5.83. The first kappa shape index (κ1) is 21.5. The molecule has 1 N–H and O–H groups in total. The van der Waals surface area contributed by atoms with Crippen molar-refractivity contribution in [2.24, 2.45) is 0 Å². The largest absolute Gasteiger partial charge is 0.416 e. The van der Waals surface area contributed by atoms with Gasteiger partial charge < -0.3 is 14.6 Å². The molecular weight excluding hydrogens is 399 g/mol. The van der Waals surface area contributed by atoms with Gasteiger partial charge in [0.1, 0.15) is 18.2 Å². The zero-order chi connectivity index (χ0) is 21.1. The van der Waals surface area contributed by atoms with Crippen molar-refractivity contribution >= 4 is 23.2 Å². The molecule has 1 heterocycles. The van der Waals surface area contributed by atoms with E-state index in [1.807, 2.05) is 0 Å². The third-order valence-electron chi connectivity index (χ3n) is 3.87. The minimum atomic E-state index is -4.60. The Labute approximate surface area is 163 Å². The highest BCUT2D eigenvalue weighted by atomic mass is 35.5. The number of rotatable bonds is 5. The van der Waals surface area contributed by atoms with Gasteiger partial charge in [0.2, 0.25) is 5.91 Å². The molecular formula is C18H15ClF3N3O3. The van der Waals surface area contributed by atoms with Crippen molar-refractivity contribution in [3.05, 3.63) is 62.0 Å². The lowest BCUT2D eigenvalue weighted by atomic mass is 10.1. The summed E-state index contributed by atoms with van der Waals surface area (Å²) in [4.78, 5) is 24.8. The second-order valence-corrected chi connectivity index (χ2v) is 6.27. The number of pyridine rings is 1. The zero-order valence-electron chi connectivity index (χ0n) is 14.9. The van der Waals surface area contributed by atoms with Crippen LogP contribution in [0, 0.1) is 18.3 Å². The van der Waals surface area contributed by atoms with Crippen LogP contribution in [0.25, 0.3) is 0 Å². The average Bonchev–Trinajstić information content (AvgIpc) is 2.60. The molecule has 0 fully saturated rings. The van der Waals surface area contributed by atoms with Crippen molar-refractivity contribution in [3.8, 4) is 6.07 Å². The van der Waals surface area contributed by atoms with Crippen molar-refractivity contribution in [1.29, 1.82) is 5.26 Å². The summed E-state index contributed by atoms with van der Waals surface area (Å²) in [6.45, 7) is 1.11. The fourth-order valence-corrected chi connectivity index (χ4v) is 2.72. The molecule has 148 valence electrons. The number of aromatic nitrogens is 1. The summed E-state index contributed by atoms with van der Waals surface area (Å²) < 4.78 is 44.5. The number of amides is 1. The van der Waals surface area contributed by atoms with E-state index in [1.54, 1.807) is 13.0 Å². The van der Waals surface area contributed by atoms with Gasteiger partial charge in [0.15, 0.2) is 0 Å². The lowest BCUT2D eigenvalue weighted by Crippen LogP contribution is -2.31. The average molecular weight is 414 g/mol. The number of nitrogens with one attached hydrogen (secondary N) is 1. The molecule has 0 aliphatic heterocycles. The van der Waals surface area contributed by atoms with Gasteiger partial charge in [-0.3, -0.25) is 9.59 Å². The molecule has 1 aromatic heterocycles. The van der Waals surface area contributed by atoms with E-state index in [0.29, 0.717) is 17.3 Å². The molecule has 10 heteroatoms. The monoisotopic (exact) mass is 413 g/mol. The molecule has 1 amide bonds. The number of hydrogen-bond acceptors (Lipinski definition) is 4. The Balaban J connectivity index is 2.32. The first-order valence-corrected chi connectivity index (χ1v) is 8.25. The van der Waals surface area contributed by atoms with Gasteiger partial charge in [-0.05, 0) is 31.2 Å². The highest BCUT2D eigenvalue weighted by Gasteiger charge is 2.31. The molecule has 0 spiro atoms. The van der Waals surface area contributed by atoms with Crippen LogP contribution in [0.15, 0.2) is 29.1 Å². The van der Waals surface area contributed by atoms with E-state index in [4.69, 9.17) is 16.3 Å². The van der Waals surface area contributed by atoms with E-state index in [1.165, 1.54) is 13.2 Å². The zero-order valence-corrected chi connectivity index (χ0v) is 15.6. The molecule has 0 aliphatic rings. The first-order chi connectivity index (χ1) is 13.1. The molecule has 2 rings (SSSR count). The van der Waals surface area contributed by atoms with Crippen LogP contribution in [-0.2, 0) is 28.9 Å². The molecule has 0 radical (unpaired) electrons. The van der Waals surface area contributed by atoms with Crippen LogP contribution in [-0.4, -0.2) is 17.6 Å². The Morgan fingerprint density at radius 2 is 2.04 bits per heavy atom. The first-order valence-electron chi connectivity index (χ1n) is 7.87. The summed E-state index contributed by atoms with van der Waals surface area (Å²) in [5, 5.41) is 11.4. The summed E-state index contributed by atoms with van der Waals surface area (Å²) >= 11 is 5.85. The Morgan fingerprint density at radius 3 is 2.61 bits per heavy atom. The third kappa shape index (κ3) is 4.71. The molecule has 0 saturated heterocycles. The number of halogens is 4. The standard InChI is InChI=1S/C18H15ClF3N3O3/c1-10-5-11(9-28-2)13(7-23)17(27)25(10)8-16(26)24-15-6-12(18(20,21)22)3-4-14(15)19/h3-6H,8-9H2,1-2H3,(H,24,26). The number of nitriles is 1.